The average Bonchev–Trinajstić information content (AvgIpc) is 3.09. The maximum atomic E-state index is 11.4. The Morgan fingerprint density at radius 3 is 1.36 bits per heavy atom. The Bertz CT molecular complexity index is 2650. The third-order valence-corrected chi connectivity index (χ3v) is 9.08. The zero-order valence-corrected chi connectivity index (χ0v) is 38.4. The molecule has 6 aromatic carbocycles. The molecule has 4 N–H and O–H groups in total. The third kappa shape index (κ3) is 12.7. The molecule has 0 saturated carbocycles. The van der Waals surface area contributed by atoms with E-state index in [2.05, 4.69) is 20.5 Å². The molecule has 0 spiro atoms. The minimum atomic E-state index is -4.65. The van der Waals surface area contributed by atoms with Crippen molar-refractivity contribution in [3.8, 4) is 11.5 Å². The van der Waals surface area contributed by atoms with Crippen LogP contribution in [0.15, 0.2) is 139 Å². The number of azo groups is 2. The molecular weight excluding hydrogens is 841 g/mol. The normalized spacial score (nSPS) is 11.7. The summed E-state index contributed by atoms with van der Waals surface area (Å²) in [7, 11) is -9.29. The van der Waals surface area contributed by atoms with Gasteiger partial charge in [-0.25, -0.2) is 21.6 Å². The summed E-state index contributed by atoms with van der Waals surface area (Å²) < 4.78 is 68.3. The molecule has 272 valence electrons. The molecule has 0 aromatic heterocycles. The van der Waals surface area contributed by atoms with Crippen molar-refractivity contribution < 1.29 is 162 Å². The second-order valence-electron chi connectivity index (χ2n) is 10.7. The molecule has 0 radical (unpaired) electrons. The average molecular weight is 865 g/mol. The van der Waals surface area contributed by atoms with Crippen molar-refractivity contribution in [1.82, 2.24) is 0 Å². The molecule has 0 bridgehead atoms. The molecule has 22 heteroatoms. The first-order valence-electron chi connectivity index (χ1n) is 14.6. The molecule has 0 aliphatic carbocycles. The molecule has 0 saturated heterocycles. The van der Waals surface area contributed by atoms with Gasteiger partial charge in [0.05, 0.1) is 32.5 Å². The molecule has 0 aliphatic heterocycles. The number of aliphatic hydroxyl groups excluding tert-OH is 1. The van der Waals surface area contributed by atoms with Crippen molar-refractivity contribution >= 4 is 70.5 Å². The minimum Gasteiger partial charge on any atom is -0.828 e. The van der Waals surface area contributed by atoms with Gasteiger partial charge in [0.15, 0.2) is 0 Å². The summed E-state index contributed by atoms with van der Waals surface area (Å²) in [4.78, 5) is 10.3. The van der Waals surface area contributed by atoms with E-state index in [9.17, 15) is 46.1 Å². The summed E-state index contributed by atoms with van der Waals surface area (Å²) in [5.74, 6) is -2.07. The number of hydrogen-bond donors (Lipinski definition) is 4. The molecule has 16 nitrogen and oxygen atoms in total. The van der Waals surface area contributed by atoms with Crippen LogP contribution >= 0.6 is 0 Å². The van der Waals surface area contributed by atoms with Gasteiger partial charge < -0.3 is 34.6 Å². The molecule has 6 rings (SSSR count). The zero-order chi connectivity index (χ0) is 37.8. The number of aromatic carboxylic acids is 1. The first kappa shape index (κ1) is 51.4. The van der Waals surface area contributed by atoms with Gasteiger partial charge in [0.25, 0.3) is 0 Å². The van der Waals surface area contributed by atoms with Gasteiger partial charge in [-0.3, -0.25) is 0 Å². The van der Waals surface area contributed by atoms with E-state index in [0.29, 0.717) is 22.1 Å². The predicted octanol–water partition coefficient (Wildman–Crippen LogP) is -3.21. The van der Waals surface area contributed by atoms with E-state index in [1.807, 2.05) is 0 Å². The Hall–Kier alpha value is -2.62. The standard InChI is InChI=1S/C17H13N2O6S.C17H12N2O6S.Cr.3Na/c2*20-15-7-5-10(9-13(15)17(21)22)18-19-14-6-8-16(26(23,24)25)12-4-2-1-3-11(12)14;;;;/h1-9,17,20-21H,(H,23,24,25);1-9,20H,(H,21,22)(H,23,24,25);;;;/q-1;;;3*+1/p-2. The largest absolute Gasteiger partial charge is 1.00 e. The van der Waals surface area contributed by atoms with Crippen molar-refractivity contribution in [3.05, 3.63) is 120 Å². The molecule has 56 heavy (non-hydrogen) atoms. The fourth-order valence-corrected chi connectivity index (χ4v) is 6.27. The summed E-state index contributed by atoms with van der Waals surface area (Å²) in [5.41, 5.74) is 0.448. The van der Waals surface area contributed by atoms with Crippen LogP contribution in [0.25, 0.3) is 21.5 Å². The minimum absolute atomic E-state index is 0. The summed E-state index contributed by atoms with van der Waals surface area (Å²) in [5, 5.41) is 65.4. The van der Waals surface area contributed by atoms with E-state index in [4.69, 9.17) is 10.2 Å². The number of fused-ring (bicyclic) bond motifs is 2. The fourth-order valence-electron chi connectivity index (χ4n) is 4.90. The number of phenols is 2. The summed E-state index contributed by atoms with van der Waals surface area (Å²) in [6.07, 6.45) is -2.12. The Morgan fingerprint density at radius 2 is 0.964 bits per heavy atom. The Kier molecular flexibility index (Phi) is 20.1. The van der Waals surface area contributed by atoms with Crippen LogP contribution in [0.4, 0.5) is 22.7 Å². The molecule has 6 aromatic rings. The Balaban J connectivity index is 0.000000523. The Labute approximate surface area is 396 Å². The van der Waals surface area contributed by atoms with Gasteiger partial charge >= 0.3 is 94.6 Å². The third-order valence-electron chi connectivity index (χ3n) is 7.29. The number of nitrogens with zero attached hydrogens (tertiary/aromatic N) is 4. The molecular formula is C34H23CrN4Na3O12S2. The Morgan fingerprint density at radius 1 is 0.571 bits per heavy atom. The quantitative estimate of drug-likeness (QED) is 0.0509. The van der Waals surface area contributed by atoms with Crippen molar-refractivity contribution in [2.75, 3.05) is 0 Å². The number of carboxylic acid groups (broad SMARTS) is 1. The van der Waals surface area contributed by atoms with Crippen molar-refractivity contribution in [3.63, 3.8) is 0 Å². The number of rotatable bonds is 8. The van der Waals surface area contributed by atoms with E-state index in [0.717, 1.165) is 18.2 Å². The second kappa shape index (κ2) is 21.9. The molecule has 0 fully saturated rings. The second-order valence-corrected chi connectivity index (χ2v) is 13.4. The van der Waals surface area contributed by atoms with Crippen LogP contribution in [-0.4, -0.2) is 52.3 Å². The molecule has 0 amide bonds. The van der Waals surface area contributed by atoms with Crippen LogP contribution in [-0.2, 0) is 37.6 Å². The summed E-state index contributed by atoms with van der Waals surface area (Å²) in [6.45, 7) is 0. The van der Waals surface area contributed by atoms with Crippen LogP contribution in [0.3, 0.4) is 0 Å². The van der Waals surface area contributed by atoms with Gasteiger partial charge in [-0.1, -0.05) is 48.5 Å². The monoisotopic (exact) mass is 864 g/mol. The number of hydrogen-bond acceptors (Lipinski definition) is 15. The van der Waals surface area contributed by atoms with E-state index in [1.54, 1.807) is 36.4 Å². The van der Waals surface area contributed by atoms with Crippen LogP contribution in [0.5, 0.6) is 11.5 Å². The molecule has 0 aliphatic rings. The van der Waals surface area contributed by atoms with Crippen LogP contribution in [0.1, 0.15) is 22.2 Å². The smallest absolute Gasteiger partial charge is 0.828 e. The van der Waals surface area contributed by atoms with Gasteiger partial charge in [-0.05, 0) is 60.7 Å². The topological polar surface area (TPSA) is 285 Å². The summed E-state index contributed by atoms with van der Waals surface area (Å²) >= 11 is 0. The maximum Gasteiger partial charge on any atom is 1.00 e. The molecule has 1 unspecified atom stereocenters. The van der Waals surface area contributed by atoms with Crippen molar-refractivity contribution in [1.29, 1.82) is 0 Å². The van der Waals surface area contributed by atoms with Gasteiger partial charge in [-0.15, -0.1) is 10.2 Å². The zero-order valence-electron chi connectivity index (χ0n) is 29.5. The molecule has 1 atom stereocenters. The number of carboxylic acids is 1. The number of aliphatic hydroxyl groups is 1. The van der Waals surface area contributed by atoms with E-state index in [-0.39, 0.29) is 155 Å². The summed E-state index contributed by atoms with van der Waals surface area (Å²) in [6, 6.07) is 25.2. The van der Waals surface area contributed by atoms with E-state index < -0.39 is 38.2 Å². The van der Waals surface area contributed by atoms with Gasteiger partial charge in [-0.2, -0.15) is 10.2 Å². The molecule has 0 heterocycles. The number of benzene rings is 6. The SMILES string of the molecule is O=C(O)c1cc(N=Nc2ccc(S(=O)(=O)[O-])c3ccccc23)ccc1O.O=S(=O)([O-])c1ccc(N=Nc2ccc(O)c(C([O-])O)c2)c2ccccc12.[Cr].[Na+].[Na+].[Na+]. The van der Waals surface area contributed by atoms with E-state index >= 15 is 0 Å². The van der Waals surface area contributed by atoms with Crippen LogP contribution in [0, 0.1) is 0 Å². The van der Waals surface area contributed by atoms with Crippen molar-refractivity contribution in [2.45, 2.75) is 16.1 Å². The van der Waals surface area contributed by atoms with Gasteiger partial charge in [0, 0.05) is 50.8 Å². The van der Waals surface area contributed by atoms with Crippen molar-refractivity contribution in [2.24, 2.45) is 20.5 Å². The van der Waals surface area contributed by atoms with Crippen LogP contribution in [0.2, 0.25) is 0 Å². The maximum absolute atomic E-state index is 11.4. The van der Waals surface area contributed by atoms with Gasteiger partial charge in [0.2, 0.25) is 0 Å². The number of aromatic hydroxyl groups is 2. The predicted molar refractivity (Wildman–Crippen MR) is 180 cm³/mol. The van der Waals surface area contributed by atoms with Gasteiger partial charge in [0.1, 0.15) is 37.3 Å². The van der Waals surface area contributed by atoms with E-state index in [1.165, 1.54) is 54.6 Å². The van der Waals surface area contributed by atoms with Crippen LogP contribution < -0.4 is 93.8 Å². The number of carbonyl (C=O) groups is 1. The fraction of sp³-hybridized carbons (Fsp3) is 0.0294. The first-order chi connectivity index (χ1) is 24.5. The first-order valence-corrected chi connectivity index (χ1v) is 17.4. The number of phenolic OH excluding ortho intramolecular Hbond substituents is 1.